The molecular weight excluding hydrogens is 532 g/mol. The quantitative estimate of drug-likeness (QED) is 0.258. The van der Waals surface area contributed by atoms with E-state index in [9.17, 15) is 29.4 Å². The Morgan fingerprint density at radius 1 is 0.524 bits per heavy atom. The van der Waals surface area contributed by atoms with E-state index in [1.807, 2.05) is 0 Å². The molecule has 0 saturated heterocycles. The molecule has 0 spiro atoms. The van der Waals surface area contributed by atoms with Crippen LogP contribution in [-0.4, -0.2) is 34.0 Å². The predicted molar refractivity (Wildman–Crippen MR) is 158 cm³/mol. The summed E-state index contributed by atoms with van der Waals surface area (Å²) in [6, 6.07) is 14.5. The van der Waals surface area contributed by atoms with Gasteiger partial charge in [-0.3, -0.25) is 9.59 Å². The molecule has 4 aromatic rings. The summed E-state index contributed by atoms with van der Waals surface area (Å²) >= 11 is 0. The van der Waals surface area contributed by atoms with Crippen molar-refractivity contribution < 1.29 is 29.4 Å². The normalized spacial score (nSPS) is 9.90. The summed E-state index contributed by atoms with van der Waals surface area (Å²) in [4.78, 5) is 50.3. The number of hydrogen-bond donors (Lipinski definition) is 4. The molecule has 0 aliphatic carbocycles. The molecule has 0 unspecified atom stereocenters. The van der Waals surface area contributed by atoms with Gasteiger partial charge in [-0.1, -0.05) is 47.9 Å². The van der Waals surface area contributed by atoms with Gasteiger partial charge in [0.15, 0.2) is 0 Å². The molecule has 200 valence electrons. The Labute approximate surface area is 240 Å². The lowest BCUT2D eigenvalue weighted by Gasteiger charge is -2.15. The number of amides is 2. The summed E-state index contributed by atoms with van der Waals surface area (Å²) in [5.41, 5.74) is 0.221. The Kier molecular flexibility index (Phi) is 7.78. The summed E-state index contributed by atoms with van der Waals surface area (Å²) < 4.78 is 0. The molecule has 8 heteroatoms. The van der Waals surface area contributed by atoms with E-state index in [4.69, 9.17) is 25.7 Å². The number of fused-ring (bicyclic) bond motifs is 1. The first-order valence-electron chi connectivity index (χ1n) is 12.0. The van der Waals surface area contributed by atoms with Crippen LogP contribution in [0, 0.1) is 49.4 Å². The van der Waals surface area contributed by atoms with Crippen molar-refractivity contribution in [1.29, 1.82) is 0 Å². The molecule has 0 aliphatic heterocycles. The maximum Gasteiger partial charge on any atom is 0.336 e. The number of anilines is 2. The fourth-order valence-electron chi connectivity index (χ4n) is 4.31. The maximum atomic E-state index is 13.3. The number of carbonyl (C=O) groups is 4. The highest BCUT2D eigenvalue weighted by Crippen LogP contribution is 2.31. The van der Waals surface area contributed by atoms with Crippen molar-refractivity contribution in [2.24, 2.45) is 0 Å². The highest BCUT2D eigenvalue weighted by atomic mass is 16.4. The smallest absolute Gasteiger partial charge is 0.336 e. The number of carboxylic acid groups (broad SMARTS) is 2. The summed E-state index contributed by atoms with van der Waals surface area (Å²) in [5.74, 6) is 5.09. The molecule has 0 saturated carbocycles. The molecule has 0 aromatic heterocycles. The zero-order valence-electron chi connectivity index (χ0n) is 21.6. The summed E-state index contributed by atoms with van der Waals surface area (Å²) in [7, 11) is 0. The average molecular weight is 551 g/mol. The molecule has 42 heavy (non-hydrogen) atoms. The van der Waals surface area contributed by atoms with E-state index >= 15 is 0 Å². The highest BCUT2D eigenvalue weighted by Gasteiger charge is 2.22. The number of hydrogen-bond acceptors (Lipinski definition) is 4. The minimum Gasteiger partial charge on any atom is -0.478 e. The zero-order chi connectivity index (χ0) is 30.6. The van der Waals surface area contributed by atoms with Crippen molar-refractivity contribution in [3.8, 4) is 49.4 Å². The van der Waals surface area contributed by atoms with Crippen LogP contribution in [-0.2, 0) is 0 Å². The number of nitrogens with one attached hydrogen (secondary N) is 2. The second kappa shape index (κ2) is 11.6. The van der Waals surface area contributed by atoms with Crippen LogP contribution in [0.5, 0.6) is 0 Å². The Balaban J connectivity index is 1.74. The van der Waals surface area contributed by atoms with Gasteiger partial charge in [0.25, 0.3) is 11.8 Å². The first kappa shape index (κ1) is 28.3. The van der Waals surface area contributed by atoms with Gasteiger partial charge in [-0.25, -0.2) is 9.59 Å². The Hall–Kier alpha value is -6.74. The molecule has 2 amide bonds. The standard InChI is InChI=1S/C34H18N2O6/c1-5-19-15-25(27(33(39)40)17-21(19)7-3)31(37)35-29-13-9-12-24-23(29)11-10-14-30(24)36-32(38)26-16-20(6-2)22(8-4)18-28(26)34(41)42/h1-4,9-18H,(H,35,37)(H,36,38)(H,39,40)(H,41,42). The molecule has 8 nitrogen and oxygen atoms in total. The topological polar surface area (TPSA) is 133 Å². The van der Waals surface area contributed by atoms with Crippen LogP contribution in [0.1, 0.15) is 63.7 Å². The van der Waals surface area contributed by atoms with Crippen LogP contribution in [0.2, 0.25) is 0 Å². The molecule has 0 fully saturated rings. The minimum absolute atomic E-state index is 0.159. The van der Waals surface area contributed by atoms with Crippen molar-refractivity contribution in [2.75, 3.05) is 10.6 Å². The van der Waals surface area contributed by atoms with E-state index in [2.05, 4.69) is 34.3 Å². The van der Waals surface area contributed by atoms with Crippen molar-refractivity contribution in [1.82, 2.24) is 0 Å². The van der Waals surface area contributed by atoms with Crippen LogP contribution in [0.25, 0.3) is 10.8 Å². The van der Waals surface area contributed by atoms with Crippen LogP contribution in [0.15, 0.2) is 60.7 Å². The van der Waals surface area contributed by atoms with Gasteiger partial charge in [0.05, 0.1) is 22.3 Å². The Bertz CT molecular complexity index is 1880. The molecule has 0 atom stereocenters. The molecule has 4 N–H and O–H groups in total. The number of aromatic carboxylic acids is 2. The lowest BCUT2D eigenvalue weighted by molar-refractivity contribution is 0.0683. The van der Waals surface area contributed by atoms with E-state index in [0.29, 0.717) is 22.1 Å². The van der Waals surface area contributed by atoms with Gasteiger partial charge in [-0.15, -0.1) is 25.7 Å². The number of benzene rings is 4. The van der Waals surface area contributed by atoms with Crippen molar-refractivity contribution in [3.63, 3.8) is 0 Å². The Morgan fingerprint density at radius 2 is 0.833 bits per heavy atom. The second-order valence-electron chi connectivity index (χ2n) is 8.69. The number of terminal acetylenes is 4. The lowest BCUT2D eigenvalue weighted by atomic mass is 9.97. The van der Waals surface area contributed by atoms with Crippen LogP contribution < -0.4 is 10.6 Å². The van der Waals surface area contributed by atoms with Crippen LogP contribution >= 0.6 is 0 Å². The third kappa shape index (κ3) is 5.24. The molecule has 0 heterocycles. The van der Waals surface area contributed by atoms with Gasteiger partial charge in [-0.2, -0.15) is 0 Å². The van der Waals surface area contributed by atoms with Gasteiger partial charge in [0.2, 0.25) is 0 Å². The fraction of sp³-hybridized carbons (Fsp3) is 0. The third-order valence-electron chi connectivity index (χ3n) is 6.31. The van der Waals surface area contributed by atoms with E-state index in [0.717, 1.165) is 12.1 Å². The van der Waals surface area contributed by atoms with Gasteiger partial charge < -0.3 is 20.8 Å². The minimum atomic E-state index is -1.37. The SMILES string of the molecule is C#Cc1cc(C(=O)O)c(C(=O)Nc2cccc3c(NC(=O)c4cc(C#C)c(C#C)cc4C(=O)O)cccc23)cc1C#C. The number of carbonyl (C=O) groups excluding carboxylic acids is 2. The third-order valence-corrected chi connectivity index (χ3v) is 6.31. The van der Waals surface area contributed by atoms with Gasteiger partial charge >= 0.3 is 11.9 Å². The van der Waals surface area contributed by atoms with Crippen LogP contribution in [0.3, 0.4) is 0 Å². The molecule has 0 bridgehead atoms. The molecule has 4 aromatic carbocycles. The Morgan fingerprint density at radius 3 is 1.12 bits per heavy atom. The average Bonchev–Trinajstić information content (AvgIpc) is 2.99. The van der Waals surface area contributed by atoms with Crippen molar-refractivity contribution in [3.05, 3.63) is 105 Å². The summed E-state index contributed by atoms with van der Waals surface area (Å²) in [6.07, 6.45) is 21.8. The van der Waals surface area contributed by atoms with Crippen LogP contribution in [0.4, 0.5) is 11.4 Å². The second-order valence-corrected chi connectivity index (χ2v) is 8.69. The van der Waals surface area contributed by atoms with E-state index in [1.54, 1.807) is 36.4 Å². The van der Waals surface area contributed by atoms with E-state index < -0.39 is 23.8 Å². The van der Waals surface area contributed by atoms with E-state index in [-0.39, 0.29) is 44.5 Å². The summed E-state index contributed by atoms with van der Waals surface area (Å²) in [5, 5.41) is 25.7. The van der Waals surface area contributed by atoms with Crippen molar-refractivity contribution in [2.45, 2.75) is 0 Å². The van der Waals surface area contributed by atoms with Gasteiger partial charge in [-0.05, 0) is 36.4 Å². The predicted octanol–water partition coefficient (Wildman–Crippen LogP) is 4.67. The first-order valence-corrected chi connectivity index (χ1v) is 12.0. The summed E-state index contributed by atoms with van der Waals surface area (Å²) in [6.45, 7) is 0. The van der Waals surface area contributed by atoms with Gasteiger partial charge in [0.1, 0.15) is 0 Å². The van der Waals surface area contributed by atoms with Crippen molar-refractivity contribution >= 4 is 45.9 Å². The molecule has 0 radical (unpaired) electrons. The molecular formula is C34H18N2O6. The fourth-order valence-corrected chi connectivity index (χ4v) is 4.31. The number of rotatable bonds is 6. The first-order chi connectivity index (χ1) is 20.1. The van der Waals surface area contributed by atoms with E-state index in [1.165, 1.54) is 12.1 Å². The molecule has 0 aliphatic rings. The maximum absolute atomic E-state index is 13.3. The largest absolute Gasteiger partial charge is 0.478 e. The monoisotopic (exact) mass is 550 g/mol. The lowest BCUT2D eigenvalue weighted by Crippen LogP contribution is -2.18. The zero-order valence-corrected chi connectivity index (χ0v) is 21.6. The van der Waals surface area contributed by atoms with Gasteiger partial charge in [0, 0.05) is 44.4 Å². The number of carboxylic acids is 2. The highest BCUT2D eigenvalue weighted by molar-refractivity contribution is 6.17. The molecule has 4 rings (SSSR count).